The molecule has 0 aliphatic rings. The van der Waals surface area contributed by atoms with Crippen LogP contribution < -0.4 is 0 Å². The molecule has 0 heterocycles. The molecular weight excluding hydrogens is 110 g/mol. The number of rotatable bonds is 2. The lowest BCUT2D eigenvalue weighted by molar-refractivity contribution is 0.874. The first-order chi connectivity index (χ1) is 4.09. The molecule has 0 spiro atoms. The van der Waals surface area contributed by atoms with Gasteiger partial charge in [0.05, 0.1) is 0 Å². The predicted octanol–water partition coefficient (Wildman–Crippen LogP) is 2.63. The molecule has 0 radical (unpaired) electrons. The Morgan fingerprint density at radius 3 is 2.00 bits per heavy atom. The van der Waals surface area contributed by atoms with E-state index in [9.17, 15) is 0 Å². The minimum Gasteiger partial charge on any atom is -0.305 e. The van der Waals surface area contributed by atoms with Gasteiger partial charge in [0.25, 0.3) is 0 Å². The molecule has 1 nitrogen and oxygen atoms in total. The van der Waals surface area contributed by atoms with Crippen molar-refractivity contribution in [1.82, 2.24) is 0 Å². The summed E-state index contributed by atoms with van der Waals surface area (Å²) in [5.41, 5.74) is 1.84. The van der Waals surface area contributed by atoms with E-state index in [1.54, 1.807) is 0 Å². The molecule has 0 fully saturated rings. The molecule has 0 saturated carbocycles. The summed E-state index contributed by atoms with van der Waals surface area (Å²) < 4.78 is 0. The summed E-state index contributed by atoms with van der Waals surface area (Å²) in [5.74, 6) is 0.362. The van der Waals surface area contributed by atoms with Crippen LogP contribution in [0.15, 0.2) is 11.6 Å². The fraction of sp³-hybridized carbons (Fsp3) is 0.625. The third-order valence-electron chi connectivity index (χ3n) is 1.44. The Bertz CT molecular complexity index is 132. The van der Waals surface area contributed by atoms with Crippen molar-refractivity contribution >= 4 is 5.71 Å². The van der Waals surface area contributed by atoms with Crippen LogP contribution >= 0.6 is 0 Å². The summed E-state index contributed by atoms with van der Waals surface area (Å²) >= 11 is 0. The van der Waals surface area contributed by atoms with Crippen molar-refractivity contribution in [3.63, 3.8) is 0 Å². The summed E-state index contributed by atoms with van der Waals surface area (Å²) in [6.07, 6.45) is 1.97. The van der Waals surface area contributed by atoms with Gasteiger partial charge < -0.3 is 5.41 Å². The highest BCUT2D eigenvalue weighted by Gasteiger charge is 2.01. The van der Waals surface area contributed by atoms with Crippen LogP contribution in [0.25, 0.3) is 0 Å². The maximum absolute atomic E-state index is 7.48. The van der Waals surface area contributed by atoms with Crippen LogP contribution in [-0.4, -0.2) is 5.71 Å². The van der Waals surface area contributed by atoms with Gasteiger partial charge in [-0.15, -0.1) is 0 Å². The molecule has 0 aromatic carbocycles. The molecule has 0 amide bonds. The van der Waals surface area contributed by atoms with Gasteiger partial charge in [0, 0.05) is 5.71 Å². The first-order valence-corrected chi connectivity index (χ1v) is 3.31. The van der Waals surface area contributed by atoms with Crippen LogP contribution in [0.3, 0.4) is 0 Å². The zero-order valence-corrected chi connectivity index (χ0v) is 6.65. The van der Waals surface area contributed by atoms with E-state index >= 15 is 0 Å². The lowest BCUT2D eigenvalue weighted by atomic mass is 10.0. The average Bonchev–Trinajstić information content (AvgIpc) is 1.84. The van der Waals surface area contributed by atoms with E-state index in [0.29, 0.717) is 5.92 Å². The second-order valence-corrected chi connectivity index (χ2v) is 2.54. The first-order valence-electron chi connectivity index (χ1n) is 3.31. The summed E-state index contributed by atoms with van der Waals surface area (Å²) in [5, 5.41) is 7.48. The van der Waals surface area contributed by atoms with Crippen LogP contribution in [0, 0.1) is 11.3 Å². The molecule has 9 heavy (non-hydrogen) atoms. The third-order valence-corrected chi connectivity index (χ3v) is 1.44. The average molecular weight is 125 g/mol. The van der Waals surface area contributed by atoms with Crippen molar-refractivity contribution in [2.75, 3.05) is 0 Å². The maximum Gasteiger partial charge on any atom is 0.0365 e. The molecule has 1 N–H and O–H groups in total. The highest BCUT2D eigenvalue weighted by molar-refractivity contribution is 5.98. The monoisotopic (exact) mass is 125 g/mol. The lowest BCUT2D eigenvalue weighted by Gasteiger charge is -2.05. The van der Waals surface area contributed by atoms with E-state index in [1.165, 1.54) is 0 Å². The van der Waals surface area contributed by atoms with Gasteiger partial charge in [0.1, 0.15) is 0 Å². The number of allylic oxidation sites excluding steroid dienone is 2. The van der Waals surface area contributed by atoms with Crippen molar-refractivity contribution < 1.29 is 0 Å². The van der Waals surface area contributed by atoms with Gasteiger partial charge in [-0.2, -0.15) is 0 Å². The molecule has 0 unspecified atom stereocenters. The topological polar surface area (TPSA) is 23.9 Å². The molecular formula is C8H15N. The molecule has 0 aliphatic heterocycles. The van der Waals surface area contributed by atoms with Crippen molar-refractivity contribution in [2.24, 2.45) is 5.92 Å². The Morgan fingerprint density at radius 1 is 1.44 bits per heavy atom. The summed E-state index contributed by atoms with van der Waals surface area (Å²) in [6, 6.07) is 0. The molecule has 0 rings (SSSR count). The molecule has 0 atom stereocenters. The quantitative estimate of drug-likeness (QED) is 0.548. The molecule has 1 heteroatoms. The molecule has 0 bridgehead atoms. The van der Waals surface area contributed by atoms with Crippen LogP contribution in [0.1, 0.15) is 27.7 Å². The Kier molecular flexibility index (Phi) is 3.21. The van der Waals surface area contributed by atoms with E-state index in [-0.39, 0.29) is 0 Å². The van der Waals surface area contributed by atoms with E-state index in [1.807, 2.05) is 33.8 Å². The molecule has 0 aliphatic carbocycles. The third kappa shape index (κ3) is 2.45. The van der Waals surface area contributed by atoms with Crippen molar-refractivity contribution in [2.45, 2.75) is 27.7 Å². The number of hydrogen-bond donors (Lipinski definition) is 1. The molecule has 0 aromatic rings. The fourth-order valence-corrected chi connectivity index (χ4v) is 0.611. The molecule has 0 aromatic heterocycles. The van der Waals surface area contributed by atoms with Crippen molar-refractivity contribution in [1.29, 1.82) is 5.41 Å². The van der Waals surface area contributed by atoms with E-state index < -0.39 is 0 Å². The Balaban J connectivity index is 4.06. The minimum absolute atomic E-state index is 0.362. The molecule has 52 valence electrons. The lowest BCUT2D eigenvalue weighted by Crippen LogP contribution is -2.06. The van der Waals surface area contributed by atoms with Crippen molar-refractivity contribution in [3.8, 4) is 0 Å². The number of hydrogen-bond acceptors (Lipinski definition) is 1. The zero-order chi connectivity index (χ0) is 7.44. The summed E-state index contributed by atoms with van der Waals surface area (Å²) in [6.45, 7) is 8.01. The zero-order valence-electron chi connectivity index (χ0n) is 6.65. The standard InChI is InChI=1S/C8H15N/c1-5-7(4)8(9)6(2)3/h5-6,9H,1-4H3/b7-5-,9-8?. The van der Waals surface area contributed by atoms with E-state index in [2.05, 4.69) is 0 Å². The fourth-order valence-electron chi connectivity index (χ4n) is 0.611. The van der Waals surface area contributed by atoms with Crippen molar-refractivity contribution in [3.05, 3.63) is 11.6 Å². The largest absolute Gasteiger partial charge is 0.305 e. The minimum atomic E-state index is 0.362. The Hall–Kier alpha value is -0.590. The van der Waals surface area contributed by atoms with E-state index in [0.717, 1.165) is 11.3 Å². The van der Waals surface area contributed by atoms with Gasteiger partial charge in [-0.1, -0.05) is 19.9 Å². The van der Waals surface area contributed by atoms with Gasteiger partial charge in [-0.05, 0) is 25.3 Å². The van der Waals surface area contributed by atoms with Crippen LogP contribution in [0.2, 0.25) is 0 Å². The van der Waals surface area contributed by atoms with Crippen LogP contribution in [0.4, 0.5) is 0 Å². The van der Waals surface area contributed by atoms with Gasteiger partial charge in [-0.25, -0.2) is 0 Å². The van der Waals surface area contributed by atoms with Gasteiger partial charge in [0.2, 0.25) is 0 Å². The first kappa shape index (κ1) is 8.41. The SMILES string of the molecule is C/C=C(/C)C(=N)C(C)C. The van der Waals surface area contributed by atoms with Crippen LogP contribution in [-0.2, 0) is 0 Å². The summed E-state index contributed by atoms with van der Waals surface area (Å²) in [4.78, 5) is 0. The summed E-state index contributed by atoms with van der Waals surface area (Å²) in [7, 11) is 0. The van der Waals surface area contributed by atoms with Gasteiger partial charge in [-0.3, -0.25) is 0 Å². The second-order valence-electron chi connectivity index (χ2n) is 2.54. The smallest absolute Gasteiger partial charge is 0.0365 e. The van der Waals surface area contributed by atoms with Gasteiger partial charge >= 0.3 is 0 Å². The molecule has 0 saturated heterocycles. The van der Waals surface area contributed by atoms with Crippen LogP contribution in [0.5, 0.6) is 0 Å². The van der Waals surface area contributed by atoms with Gasteiger partial charge in [0.15, 0.2) is 0 Å². The highest BCUT2D eigenvalue weighted by atomic mass is 14.4. The Labute approximate surface area is 57.3 Å². The number of nitrogens with one attached hydrogen (secondary N) is 1. The second kappa shape index (κ2) is 3.44. The normalized spacial score (nSPS) is 12.3. The maximum atomic E-state index is 7.48. The Morgan fingerprint density at radius 2 is 1.89 bits per heavy atom. The predicted molar refractivity (Wildman–Crippen MR) is 42.0 cm³/mol. The highest BCUT2D eigenvalue weighted by Crippen LogP contribution is 2.04. The van der Waals surface area contributed by atoms with E-state index in [4.69, 9.17) is 5.41 Å².